The molecule has 0 heterocycles. The average molecular weight is 738 g/mol. The number of amides is 4. The molecule has 5 N–H and O–H groups in total. The average Bonchev–Trinajstić information content (AvgIpc) is 3.19. The van der Waals surface area contributed by atoms with E-state index in [1.54, 1.807) is 103 Å². The van der Waals surface area contributed by atoms with Crippen molar-refractivity contribution in [2.24, 2.45) is 10.7 Å². The van der Waals surface area contributed by atoms with Crippen LogP contribution in [-0.2, 0) is 43.6 Å². The molecule has 54 heavy (non-hydrogen) atoms. The number of nitrogens with one attached hydrogen (secondary N) is 2. The van der Waals surface area contributed by atoms with Crippen LogP contribution >= 0.6 is 0 Å². The van der Waals surface area contributed by atoms with E-state index in [-0.39, 0.29) is 44.8 Å². The Labute approximate surface area is 312 Å². The third kappa shape index (κ3) is 13.2. The molecular weight excluding hydrogens is 694 g/mol. The second-order valence-corrected chi connectivity index (χ2v) is 12.1. The van der Waals surface area contributed by atoms with E-state index in [1.165, 1.54) is 6.92 Å². The molecule has 0 aliphatic carbocycles. The van der Waals surface area contributed by atoms with Gasteiger partial charge in [0.2, 0.25) is 11.9 Å². The third-order valence-electron chi connectivity index (χ3n) is 7.90. The van der Waals surface area contributed by atoms with Gasteiger partial charge in [-0.25, -0.2) is 19.3 Å². The summed E-state index contributed by atoms with van der Waals surface area (Å²) in [6, 6.07) is 32.1. The molecule has 1 unspecified atom stereocenters. The summed E-state index contributed by atoms with van der Waals surface area (Å²) in [5, 5.41) is 15.6. The van der Waals surface area contributed by atoms with Gasteiger partial charge in [0, 0.05) is 12.1 Å². The largest absolute Gasteiger partial charge is 0.459 e. The molecule has 4 aromatic carbocycles. The van der Waals surface area contributed by atoms with E-state index in [0.29, 0.717) is 16.7 Å². The number of guanidine groups is 1. The van der Waals surface area contributed by atoms with E-state index >= 15 is 0 Å². The first-order valence-corrected chi connectivity index (χ1v) is 17.2. The molecule has 0 aliphatic heterocycles. The summed E-state index contributed by atoms with van der Waals surface area (Å²) in [5.41, 5.74) is 8.51. The second kappa shape index (κ2) is 21.1. The summed E-state index contributed by atoms with van der Waals surface area (Å²) >= 11 is 0. The number of carbonyl (C=O) groups excluding carboxylic acids is 5. The van der Waals surface area contributed by atoms with Crippen molar-refractivity contribution >= 4 is 35.9 Å². The van der Waals surface area contributed by atoms with Crippen molar-refractivity contribution in [1.29, 1.82) is 0 Å². The highest BCUT2D eigenvalue weighted by molar-refractivity contribution is 5.99. The van der Waals surface area contributed by atoms with Gasteiger partial charge in [0.15, 0.2) is 6.04 Å². The molecular formula is C40H43N5O9. The molecule has 0 bridgehead atoms. The Morgan fingerprint density at radius 1 is 0.704 bits per heavy atom. The predicted molar refractivity (Wildman–Crippen MR) is 198 cm³/mol. The number of aliphatic hydroxyl groups excluding tert-OH is 1. The summed E-state index contributed by atoms with van der Waals surface area (Å²) in [4.78, 5) is 70.4. The molecule has 282 valence electrons. The molecule has 0 saturated carbocycles. The highest BCUT2D eigenvalue weighted by Crippen LogP contribution is 2.11. The second-order valence-electron chi connectivity index (χ2n) is 12.1. The van der Waals surface area contributed by atoms with Gasteiger partial charge >= 0.3 is 18.2 Å². The summed E-state index contributed by atoms with van der Waals surface area (Å²) in [5.74, 6) is -2.79. The van der Waals surface area contributed by atoms with E-state index < -0.39 is 54.1 Å². The minimum Gasteiger partial charge on any atom is -0.459 e. The molecule has 0 saturated heterocycles. The van der Waals surface area contributed by atoms with Gasteiger partial charge in [-0.05, 0) is 48.6 Å². The summed E-state index contributed by atoms with van der Waals surface area (Å²) in [6.45, 7) is 0.824. The van der Waals surface area contributed by atoms with Crippen LogP contribution in [0, 0.1) is 0 Å². The maximum Gasteiger partial charge on any atom is 0.437 e. The Balaban J connectivity index is 1.48. The standard InChI is InChI=1S/C40H43N5O9/c1-28(46)34(37(49)52-25-29-15-6-2-7-16-29)43-36(48)33(42-35(47)32-21-12-5-13-22-32)23-14-24-45(40(51)54-27-31-19-10-4-11-20-31)38(41)44-39(50)53-26-30-17-8-3-9-18-30/h2-13,15-22,28,33-34,46H,14,23-27H2,1H3,(H,42,47)(H,43,48)(H2,41,44,50)/t28?,33-,34-/m0/s1. The summed E-state index contributed by atoms with van der Waals surface area (Å²) in [6.07, 6.45) is -3.41. The first kappa shape index (κ1) is 40.2. The zero-order chi connectivity index (χ0) is 38.7. The van der Waals surface area contributed by atoms with E-state index in [1.807, 2.05) is 18.2 Å². The van der Waals surface area contributed by atoms with Crippen LogP contribution in [0.2, 0.25) is 0 Å². The minimum atomic E-state index is -1.47. The Morgan fingerprint density at radius 3 is 1.70 bits per heavy atom. The highest BCUT2D eigenvalue weighted by Gasteiger charge is 2.31. The number of nitrogens with two attached hydrogens (primary N) is 1. The monoisotopic (exact) mass is 737 g/mol. The number of aliphatic hydroxyl groups is 1. The quantitative estimate of drug-likeness (QED) is 0.0551. The van der Waals surface area contributed by atoms with Crippen molar-refractivity contribution in [3.05, 3.63) is 144 Å². The third-order valence-corrected chi connectivity index (χ3v) is 7.90. The molecule has 0 aromatic heterocycles. The molecule has 0 aliphatic rings. The van der Waals surface area contributed by atoms with Gasteiger partial charge in [0.1, 0.15) is 25.9 Å². The van der Waals surface area contributed by atoms with Crippen molar-refractivity contribution in [3.8, 4) is 0 Å². The molecule has 0 fully saturated rings. The highest BCUT2D eigenvalue weighted by atomic mass is 16.6. The first-order chi connectivity index (χ1) is 26.1. The Morgan fingerprint density at radius 2 is 1.19 bits per heavy atom. The fraction of sp³-hybridized carbons (Fsp3) is 0.250. The van der Waals surface area contributed by atoms with E-state index in [4.69, 9.17) is 19.9 Å². The molecule has 4 aromatic rings. The maximum atomic E-state index is 13.7. The lowest BCUT2D eigenvalue weighted by molar-refractivity contribution is -0.152. The van der Waals surface area contributed by atoms with Crippen LogP contribution in [0.4, 0.5) is 9.59 Å². The van der Waals surface area contributed by atoms with Crippen molar-refractivity contribution in [2.45, 2.75) is 57.8 Å². The van der Waals surface area contributed by atoms with Gasteiger partial charge in [0.05, 0.1) is 6.10 Å². The van der Waals surface area contributed by atoms with Crippen LogP contribution in [0.3, 0.4) is 0 Å². The Hall–Kier alpha value is -6.54. The fourth-order valence-electron chi connectivity index (χ4n) is 5.00. The summed E-state index contributed by atoms with van der Waals surface area (Å²) in [7, 11) is 0. The van der Waals surface area contributed by atoms with E-state index in [0.717, 1.165) is 4.90 Å². The molecule has 0 radical (unpaired) electrons. The maximum absolute atomic E-state index is 13.7. The molecule has 3 atom stereocenters. The van der Waals surface area contributed by atoms with E-state index in [9.17, 15) is 29.1 Å². The first-order valence-electron chi connectivity index (χ1n) is 17.2. The van der Waals surface area contributed by atoms with Crippen LogP contribution < -0.4 is 16.4 Å². The number of ether oxygens (including phenoxy) is 3. The number of hydrogen-bond acceptors (Lipinski definition) is 9. The Kier molecular flexibility index (Phi) is 15.7. The molecule has 14 heteroatoms. The molecule has 4 amide bonds. The van der Waals surface area contributed by atoms with Gasteiger partial charge in [0.25, 0.3) is 5.91 Å². The Bertz CT molecular complexity index is 1840. The number of carbonyl (C=O) groups is 5. The zero-order valence-electron chi connectivity index (χ0n) is 29.7. The number of aliphatic imine (C=N–C) groups is 1. The minimum absolute atomic E-state index is 0.0146. The topological polar surface area (TPSA) is 199 Å². The SMILES string of the molecule is CC(O)[C@H](NC(=O)[C@H](CCCN(C(=O)OCc1ccccc1)/C(N)=N/C(=O)OCc1ccccc1)NC(=O)c1ccccc1)C(=O)OCc1ccccc1. The molecule has 4 rings (SSSR count). The van der Waals surface area contributed by atoms with Crippen molar-refractivity contribution < 1.29 is 43.3 Å². The van der Waals surface area contributed by atoms with Crippen molar-refractivity contribution in [1.82, 2.24) is 15.5 Å². The predicted octanol–water partition coefficient (Wildman–Crippen LogP) is 4.46. The number of hydrogen-bond donors (Lipinski definition) is 4. The lowest BCUT2D eigenvalue weighted by Crippen LogP contribution is -2.55. The van der Waals surface area contributed by atoms with Gasteiger partial charge in [-0.3, -0.25) is 9.59 Å². The van der Waals surface area contributed by atoms with E-state index in [2.05, 4.69) is 15.6 Å². The van der Waals surface area contributed by atoms with Gasteiger partial charge in [-0.1, -0.05) is 109 Å². The number of benzene rings is 4. The van der Waals surface area contributed by atoms with Crippen molar-refractivity contribution in [3.63, 3.8) is 0 Å². The van der Waals surface area contributed by atoms with Crippen LogP contribution in [0.1, 0.15) is 46.8 Å². The lowest BCUT2D eigenvalue weighted by Gasteiger charge is -2.25. The fourth-order valence-corrected chi connectivity index (χ4v) is 5.00. The molecule has 0 spiro atoms. The van der Waals surface area contributed by atoms with Crippen LogP contribution in [0.25, 0.3) is 0 Å². The summed E-state index contributed by atoms with van der Waals surface area (Å²) < 4.78 is 16.0. The van der Waals surface area contributed by atoms with Crippen LogP contribution in [-0.4, -0.2) is 70.7 Å². The number of esters is 1. The van der Waals surface area contributed by atoms with Gasteiger partial charge in [-0.15, -0.1) is 4.99 Å². The smallest absolute Gasteiger partial charge is 0.437 e. The lowest BCUT2D eigenvalue weighted by atomic mass is 10.1. The van der Waals surface area contributed by atoms with Crippen LogP contribution in [0.15, 0.2) is 126 Å². The van der Waals surface area contributed by atoms with Crippen molar-refractivity contribution in [2.75, 3.05) is 6.54 Å². The zero-order valence-corrected chi connectivity index (χ0v) is 29.7. The van der Waals surface area contributed by atoms with Gasteiger partial charge < -0.3 is 35.7 Å². The van der Waals surface area contributed by atoms with Gasteiger partial charge in [-0.2, -0.15) is 0 Å². The normalized spacial score (nSPS) is 12.7. The van der Waals surface area contributed by atoms with Crippen LogP contribution in [0.5, 0.6) is 0 Å². The number of rotatable bonds is 16. The molecule has 14 nitrogen and oxygen atoms in total. The number of nitrogens with zero attached hydrogens (tertiary/aromatic N) is 2.